The number of fused-ring (bicyclic) bond motifs is 2. The summed E-state index contributed by atoms with van der Waals surface area (Å²) in [5, 5.41) is 11.1. The van der Waals surface area contributed by atoms with Gasteiger partial charge < -0.3 is 20.0 Å². The summed E-state index contributed by atoms with van der Waals surface area (Å²) in [6, 6.07) is 18.0. The van der Waals surface area contributed by atoms with Crippen LogP contribution >= 0.6 is 0 Å². The number of pyridine rings is 1. The summed E-state index contributed by atoms with van der Waals surface area (Å²) in [5.74, 6) is -0.204. The lowest BCUT2D eigenvalue weighted by Crippen LogP contribution is -2.49. The van der Waals surface area contributed by atoms with Crippen LogP contribution in [-0.2, 0) is 21.5 Å². The van der Waals surface area contributed by atoms with Crippen molar-refractivity contribution in [3.8, 4) is 11.3 Å². The van der Waals surface area contributed by atoms with Crippen molar-refractivity contribution in [2.24, 2.45) is 0 Å². The van der Waals surface area contributed by atoms with Gasteiger partial charge in [0, 0.05) is 49.1 Å². The van der Waals surface area contributed by atoms with Crippen molar-refractivity contribution in [2.45, 2.75) is 6.54 Å². The van der Waals surface area contributed by atoms with Gasteiger partial charge in [0.1, 0.15) is 6.61 Å². The molecule has 1 saturated heterocycles. The Balaban J connectivity index is 0.000000556. The standard InChI is InChI=1S/C24H24N4O3.CH4O3S/c29-15-23(30)28-9-7-27(8-10-28)14-16-5-6-21-18(11-16)13-22(25-21)19-12-17-3-1-2-4-20(17)26-24(19)31;1-5(2,3)4/h1-6,11-13,25,29H,7-10,14-15H2,(H,26,31);1H3,(H,2,3,4). The number of nitrogens with one attached hydrogen (secondary N) is 2. The van der Waals surface area contributed by atoms with Gasteiger partial charge in [0.25, 0.3) is 15.7 Å². The summed E-state index contributed by atoms with van der Waals surface area (Å²) in [6.45, 7) is 3.23. The maximum Gasteiger partial charge on any atom is 0.261 e. The molecule has 11 heteroatoms. The molecule has 2 aromatic heterocycles. The Bertz CT molecular complexity index is 1540. The van der Waals surface area contributed by atoms with Crippen LogP contribution < -0.4 is 5.56 Å². The molecule has 1 aliphatic rings. The van der Waals surface area contributed by atoms with E-state index in [0.29, 0.717) is 24.9 Å². The lowest BCUT2D eigenvalue weighted by molar-refractivity contribution is -0.135. The highest BCUT2D eigenvalue weighted by Gasteiger charge is 2.20. The normalized spacial score (nSPS) is 14.6. The summed E-state index contributed by atoms with van der Waals surface area (Å²) in [6.07, 6.45) is 0.715. The first-order chi connectivity index (χ1) is 17.1. The average Bonchev–Trinajstić information content (AvgIpc) is 3.25. The molecule has 0 radical (unpaired) electrons. The fourth-order valence-electron chi connectivity index (χ4n) is 4.29. The smallest absolute Gasteiger partial charge is 0.261 e. The van der Waals surface area contributed by atoms with Crippen LogP contribution in [0, 0.1) is 0 Å². The second-order valence-electron chi connectivity index (χ2n) is 8.75. The van der Waals surface area contributed by atoms with Crippen molar-refractivity contribution in [2.75, 3.05) is 39.0 Å². The fourth-order valence-corrected chi connectivity index (χ4v) is 4.29. The second-order valence-corrected chi connectivity index (χ2v) is 10.2. The van der Waals surface area contributed by atoms with Crippen molar-refractivity contribution < 1.29 is 22.9 Å². The Hall–Kier alpha value is -3.51. The average molecular weight is 513 g/mol. The minimum Gasteiger partial charge on any atom is -0.387 e. The van der Waals surface area contributed by atoms with E-state index in [2.05, 4.69) is 33.1 Å². The summed E-state index contributed by atoms with van der Waals surface area (Å²) < 4.78 is 25.9. The Morgan fingerprint density at radius 3 is 2.31 bits per heavy atom. The van der Waals surface area contributed by atoms with Gasteiger partial charge in [0.05, 0.1) is 17.5 Å². The van der Waals surface area contributed by atoms with Crippen molar-refractivity contribution in [1.82, 2.24) is 19.8 Å². The van der Waals surface area contributed by atoms with Crippen LogP contribution in [0.4, 0.5) is 0 Å². The van der Waals surface area contributed by atoms with Crippen LogP contribution in [0.15, 0.2) is 59.4 Å². The summed E-state index contributed by atoms with van der Waals surface area (Å²) in [4.78, 5) is 34.6. The topological polar surface area (TPSA) is 147 Å². The van der Waals surface area contributed by atoms with Crippen LogP contribution in [0.2, 0.25) is 0 Å². The molecule has 0 unspecified atom stereocenters. The maximum absolute atomic E-state index is 12.6. The van der Waals surface area contributed by atoms with Crippen molar-refractivity contribution in [3.05, 3.63) is 70.5 Å². The number of piperazine rings is 1. The number of H-pyrrole nitrogens is 2. The van der Waals surface area contributed by atoms with E-state index in [-0.39, 0.29) is 11.5 Å². The van der Waals surface area contributed by atoms with Gasteiger partial charge in [-0.25, -0.2) is 0 Å². The zero-order valence-electron chi connectivity index (χ0n) is 19.8. The van der Waals surface area contributed by atoms with Crippen molar-refractivity contribution >= 4 is 37.8 Å². The van der Waals surface area contributed by atoms with Gasteiger partial charge in [-0.05, 0) is 41.3 Å². The van der Waals surface area contributed by atoms with E-state index in [1.165, 1.54) is 5.56 Å². The number of carbonyl (C=O) groups excluding carboxylic acids is 1. The molecule has 0 spiro atoms. The van der Waals surface area contributed by atoms with Gasteiger partial charge in [0.2, 0.25) is 5.91 Å². The highest BCUT2D eigenvalue weighted by Crippen LogP contribution is 2.25. The first-order valence-corrected chi connectivity index (χ1v) is 13.2. The molecule has 4 aromatic rings. The predicted octanol–water partition coefficient (Wildman–Crippen LogP) is 1.82. The van der Waals surface area contributed by atoms with Gasteiger partial charge in [-0.1, -0.05) is 24.3 Å². The van der Waals surface area contributed by atoms with Crippen molar-refractivity contribution in [1.29, 1.82) is 0 Å². The van der Waals surface area contributed by atoms with E-state index in [4.69, 9.17) is 9.66 Å². The van der Waals surface area contributed by atoms with E-state index < -0.39 is 16.7 Å². The summed E-state index contributed by atoms with van der Waals surface area (Å²) in [7, 11) is -3.67. The highest BCUT2D eigenvalue weighted by molar-refractivity contribution is 7.85. The van der Waals surface area contributed by atoms with E-state index in [1.807, 2.05) is 36.4 Å². The number of para-hydroxylation sites is 1. The number of nitrogens with zero attached hydrogens (tertiary/aromatic N) is 2. The second kappa shape index (κ2) is 10.6. The van der Waals surface area contributed by atoms with Gasteiger partial charge in [-0.3, -0.25) is 19.0 Å². The molecule has 36 heavy (non-hydrogen) atoms. The molecule has 0 atom stereocenters. The van der Waals surface area contributed by atoms with Gasteiger partial charge in [0.15, 0.2) is 0 Å². The number of carbonyl (C=O) groups is 1. The number of aliphatic hydroxyl groups excluding tert-OH is 1. The minimum atomic E-state index is -3.67. The van der Waals surface area contributed by atoms with Crippen LogP contribution in [0.5, 0.6) is 0 Å². The zero-order valence-corrected chi connectivity index (χ0v) is 20.6. The molecule has 0 aliphatic carbocycles. The zero-order chi connectivity index (χ0) is 25.9. The number of rotatable bonds is 4. The van der Waals surface area contributed by atoms with E-state index in [1.54, 1.807) is 4.90 Å². The monoisotopic (exact) mass is 512 g/mol. The van der Waals surface area contributed by atoms with Gasteiger partial charge in [-0.15, -0.1) is 0 Å². The minimum absolute atomic E-state index is 0.110. The van der Waals surface area contributed by atoms with Gasteiger partial charge in [-0.2, -0.15) is 8.42 Å². The van der Waals surface area contributed by atoms with Crippen LogP contribution in [0.25, 0.3) is 33.1 Å². The molecule has 0 bridgehead atoms. The number of benzene rings is 2. The summed E-state index contributed by atoms with van der Waals surface area (Å²) in [5.41, 5.74) is 4.32. The van der Waals surface area contributed by atoms with Crippen LogP contribution in [0.3, 0.4) is 0 Å². The lowest BCUT2D eigenvalue weighted by atomic mass is 10.1. The number of aliphatic hydroxyl groups is 1. The Kier molecular flexibility index (Phi) is 7.55. The molecule has 190 valence electrons. The molecule has 1 amide bonds. The van der Waals surface area contributed by atoms with Gasteiger partial charge >= 0.3 is 0 Å². The maximum atomic E-state index is 12.6. The van der Waals surface area contributed by atoms with Crippen molar-refractivity contribution in [3.63, 3.8) is 0 Å². The van der Waals surface area contributed by atoms with E-state index in [9.17, 15) is 18.0 Å². The molecule has 0 saturated carbocycles. The molecule has 5 rings (SSSR count). The molecule has 2 aromatic carbocycles. The molecule has 1 aliphatic heterocycles. The quantitative estimate of drug-likeness (QED) is 0.305. The first-order valence-electron chi connectivity index (χ1n) is 11.4. The third kappa shape index (κ3) is 6.38. The molecular weight excluding hydrogens is 484 g/mol. The number of amides is 1. The highest BCUT2D eigenvalue weighted by atomic mass is 32.2. The van der Waals surface area contributed by atoms with Crippen LogP contribution in [-0.4, -0.2) is 82.8 Å². The Morgan fingerprint density at radius 1 is 0.944 bits per heavy atom. The molecule has 10 nitrogen and oxygen atoms in total. The largest absolute Gasteiger partial charge is 0.387 e. The Labute approximate surface area is 207 Å². The molecular formula is C25H28N4O6S. The first kappa shape index (κ1) is 25.6. The third-order valence-corrected chi connectivity index (χ3v) is 6.00. The Morgan fingerprint density at radius 2 is 1.61 bits per heavy atom. The lowest BCUT2D eigenvalue weighted by Gasteiger charge is -2.34. The molecule has 4 N–H and O–H groups in total. The predicted molar refractivity (Wildman–Crippen MR) is 138 cm³/mol. The summed E-state index contributed by atoms with van der Waals surface area (Å²) >= 11 is 0. The fraction of sp³-hybridized carbons (Fsp3) is 0.280. The SMILES string of the molecule is CS(=O)(=O)O.O=C(CO)N1CCN(Cc2ccc3[nH]c(-c4cc5ccccc5[nH]c4=O)cc3c2)CC1. The number of hydrogen-bond donors (Lipinski definition) is 4. The number of aromatic amines is 2. The molecule has 3 heterocycles. The number of hydrogen-bond acceptors (Lipinski definition) is 6. The number of aromatic nitrogens is 2. The van der Waals surface area contributed by atoms with Crippen LogP contribution in [0.1, 0.15) is 5.56 Å². The molecule has 1 fully saturated rings. The van der Waals surface area contributed by atoms with E-state index >= 15 is 0 Å². The van der Waals surface area contributed by atoms with E-state index in [0.717, 1.165) is 47.1 Å². The third-order valence-electron chi connectivity index (χ3n) is 6.00.